The van der Waals surface area contributed by atoms with Gasteiger partial charge in [-0.2, -0.15) is 5.10 Å². The normalized spacial score (nSPS) is 11.3. The maximum Gasteiger partial charge on any atom is 0.335 e. The van der Waals surface area contributed by atoms with E-state index in [9.17, 15) is 19.8 Å². The molecular weight excluding hydrogens is 430 g/mol. The molecule has 0 spiro atoms. The second kappa shape index (κ2) is 9.00. The first-order valence-electron chi connectivity index (χ1n) is 8.73. The molecule has 0 saturated carbocycles. The first-order valence-corrected chi connectivity index (χ1v) is 10.00. The van der Waals surface area contributed by atoms with Crippen molar-refractivity contribution in [1.29, 1.82) is 0 Å². The highest BCUT2D eigenvalue weighted by molar-refractivity contribution is 7.82. The zero-order valence-corrected chi connectivity index (χ0v) is 17.4. The van der Waals surface area contributed by atoms with Gasteiger partial charge >= 0.3 is 11.9 Å². The fourth-order valence-electron chi connectivity index (χ4n) is 2.61. The molecule has 0 bridgehead atoms. The predicted molar refractivity (Wildman–Crippen MR) is 112 cm³/mol. The van der Waals surface area contributed by atoms with Gasteiger partial charge in [-0.1, -0.05) is 24.7 Å². The lowest BCUT2D eigenvalue weighted by Gasteiger charge is -2.07. The van der Waals surface area contributed by atoms with Crippen molar-refractivity contribution in [2.45, 2.75) is 30.5 Å². The zero-order chi connectivity index (χ0) is 21.8. The Bertz CT molecular complexity index is 1110. The van der Waals surface area contributed by atoms with Crippen LogP contribution in [-0.4, -0.2) is 42.1 Å². The highest BCUT2D eigenvalue weighted by atomic mass is 32.2. The molecule has 0 saturated heterocycles. The minimum absolute atomic E-state index is 0.0966. The van der Waals surface area contributed by atoms with Gasteiger partial charge in [0.15, 0.2) is 15.8 Å². The lowest BCUT2D eigenvalue weighted by molar-refractivity contribution is 0.0696. The van der Waals surface area contributed by atoms with Crippen LogP contribution in [0.15, 0.2) is 32.8 Å². The molecule has 0 aliphatic rings. The van der Waals surface area contributed by atoms with E-state index in [0.717, 1.165) is 30.2 Å². The van der Waals surface area contributed by atoms with Crippen LogP contribution in [0.3, 0.4) is 0 Å². The molecule has 0 unspecified atom stereocenters. The van der Waals surface area contributed by atoms with E-state index in [1.807, 2.05) is 6.92 Å². The van der Waals surface area contributed by atoms with E-state index < -0.39 is 11.9 Å². The van der Waals surface area contributed by atoms with Crippen LogP contribution in [0.5, 0.6) is 0 Å². The lowest BCUT2D eigenvalue weighted by Crippen LogP contribution is -2.08. The zero-order valence-electron chi connectivity index (χ0n) is 15.7. The number of thiol groups is 1. The molecule has 0 amide bonds. The number of anilines is 1. The molecule has 0 aliphatic carbocycles. The number of nitrogen functional groups attached to an aromatic ring is 1. The van der Waals surface area contributed by atoms with Crippen LogP contribution in [0, 0.1) is 0 Å². The molecule has 2 heterocycles. The van der Waals surface area contributed by atoms with Crippen LogP contribution < -0.4 is 5.73 Å². The maximum atomic E-state index is 11.4. The number of hydrogen-bond donors (Lipinski definition) is 4. The number of azo groups is 1. The smallest absolute Gasteiger partial charge is 0.335 e. The summed E-state index contributed by atoms with van der Waals surface area (Å²) in [5, 5.41) is 39.1. The number of unbranched alkanes of at least 4 members (excludes halogenated alkanes) is 1. The molecule has 1 aromatic carbocycles. The summed E-state index contributed by atoms with van der Waals surface area (Å²) in [6.45, 7) is 2.02. The number of aryl methyl sites for hydroxylation is 1. The summed E-state index contributed by atoms with van der Waals surface area (Å²) in [6.07, 6.45) is 2.27. The first-order chi connectivity index (χ1) is 14.3. The van der Waals surface area contributed by atoms with Crippen molar-refractivity contribution in [3.05, 3.63) is 35.0 Å². The number of nitrogens with zero attached hydrogens (tertiary/aromatic N) is 6. The topological polar surface area (TPSA) is 169 Å². The number of rotatable bonds is 8. The third-order valence-electron chi connectivity index (χ3n) is 4.03. The molecular formula is C17H17N7O4S2. The van der Waals surface area contributed by atoms with Gasteiger partial charge in [-0.3, -0.25) is 0 Å². The predicted octanol–water partition coefficient (Wildman–Crippen LogP) is 3.75. The van der Waals surface area contributed by atoms with Gasteiger partial charge in [-0.15, -0.1) is 33.1 Å². The van der Waals surface area contributed by atoms with Crippen molar-refractivity contribution in [1.82, 2.24) is 20.0 Å². The van der Waals surface area contributed by atoms with Gasteiger partial charge in [-0.05, 0) is 31.0 Å². The van der Waals surface area contributed by atoms with Crippen molar-refractivity contribution in [2.24, 2.45) is 10.2 Å². The molecule has 156 valence electrons. The Kier molecular flexibility index (Phi) is 6.42. The molecule has 3 rings (SSSR count). The van der Waals surface area contributed by atoms with E-state index >= 15 is 0 Å². The lowest BCUT2D eigenvalue weighted by atomic mass is 10.1. The van der Waals surface area contributed by atoms with Gasteiger partial charge in [0.05, 0.1) is 22.5 Å². The Morgan fingerprint density at radius 2 is 1.83 bits per heavy atom. The second-order valence-corrected chi connectivity index (χ2v) is 7.82. The number of aromatic carboxylic acids is 2. The van der Waals surface area contributed by atoms with E-state index in [4.69, 9.17) is 5.73 Å². The van der Waals surface area contributed by atoms with Crippen LogP contribution in [0.2, 0.25) is 0 Å². The van der Waals surface area contributed by atoms with Crippen molar-refractivity contribution in [2.75, 3.05) is 5.73 Å². The number of nitrogens with two attached hydrogens (primary N) is 1. The van der Waals surface area contributed by atoms with Crippen molar-refractivity contribution >= 4 is 52.5 Å². The maximum absolute atomic E-state index is 11.4. The van der Waals surface area contributed by atoms with Crippen molar-refractivity contribution < 1.29 is 19.8 Å². The minimum Gasteiger partial charge on any atom is -0.478 e. The third-order valence-corrected chi connectivity index (χ3v) is 5.00. The summed E-state index contributed by atoms with van der Waals surface area (Å²) in [5.74, 6) is -2.44. The standard InChI is InChI=1S/C17H17N7O4S2/c1-2-3-4-11-12(19-20-16-21-22-17(29)30-16)13(18)24(23-11)10-6-8(14(25)26)5-9(7-10)15(27)28/h5-7H,2-4,18H2,1H3,(H,22,29)(H,25,26)(H,27,28)/b20-19+. The van der Waals surface area contributed by atoms with Crippen LogP contribution in [0.4, 0.5) is 16.6 Å². The van der Waals surface area contributed by atoms with Gasteiger partial charge in [0.1, 0.15) is 0 Å². The fraction of sp³-hybridized carbons (Fsp3) is 0.235. The Labute approximate surface area is 179 Å². The Morgan fingerprint density at radius 1 is 1.17 bits per heavy atom. The number of aromatic nitrogens is 4. The number of carbonyl (C=O) groups is 2. The Morgan fingerprint density at radius 3 is 2.37 bits per heavy atom. The molecule has 0 radical (unpaired) electrons. The fourth-order valence-corrected chi connectivity index (χ4v) is 3.31. The minimum atomic E-state index is -1.27. The highest BCUT2D eigenvalue weighted by Crippen LogP contribution is 2.33. The summed E-state index contributed by atoms with van der Waals surface area (Å²) >= 11 is 5.22. The molecule has 4 N–H and O–H groups in total. The van der Waals surface area contributed by atoms with Crippen molar-refractivity contribution in [3.63, 3.8) is 0 Å². The van der Waals surface area contributed by atoms with E-state index in [-0.39, 0.29) is 27.8 Å². The van der Waals surface area contributed by atoms with Crippen LogP contribution >= 0.6 is 24.0 Å². The number of benzene rings is 1. The quantitative estimate of drug-likeness (QED) is 0.299. The summed E-state index contributed by atoms with van der Waals surface area (Å²) in [7, 11) is 0. The van der Waals surface area contributed by atoms with Crippen molar-refractivity contribution in [3.8, 4) is 5.69 Å². The second-order valence-electron chi connectivity index (χ2n) is 6.14. The van der Waals surface area contributed by atoms with Crippen LogP contribution in [0.1, 0.15) is 46.2 Å². The molecule has 13 heteroatoms. The molecule has 0 fully saturated rings. The number of hydrogen-bond acceptors (Lipinski definition) is 10. The van der Waals surface area contributed by atoms with Crippen LogP contribution in [-0.2, 0) is 6.42 Å². The Balaban J connectivity index is 2.11. The summed E-state index contributed by atoms with van der Waals surface area (Å²) in [5.41, 5.74) is 6.87. The van der Waals surface area contributed by atoms with E-state index in [0.29, 0.717) is 22.1 Å². The molecule has 11 nitrogen and oxygen atoms in total. The van der Waals surface area contributed by atoms with Crippen LogP contribution in [0.25, 0.3) is 5.69 Å². The van der Waals surface area contributed by atoms with Gasteiger partial charge in [-0.25, -0.2) is 14.3 Å². The number of carboxylic acid groups (broad SMARTS) is 2. The molecule has 2 aromatic heterocycles. The van der Waals surface area contributed by atoms with E-state index in [2.05, 4.69) is 38.2 Å². The first kappa shape index (κ1) is 21.4. The van der Waals surface area contributed by atoms with Gasteiger partial charge in [0, 0.05) is 0 Å². The monoisotopic (exact) mass is 447 g/mol. The summed E-state index contributed by atoms with van der Waals surface area (Å²) < 4.78 is 1.70. The molecule has 0 aliphatic heterocycles. The SMILES string of the molecule is CCCCc1nn(-c2cc(C(=O)O)cc(C(=O)O)c2)c(N)c1/N=N/c1nnc(S)s1. The van der Waals surface area contributed by atoms with Gasteiger partial charge in [0.25, 0.3) is 5.13 Å². The molecule has 0 atom stereocenters. The summed E-state index contributed by atoms with van der Waals surface area (Å²) in [6, 6.07) is 3.65. The summed E-state index contributed by atoms with van der Waals surface area (Å²) in [4.78, 5) is 22.8. The third kappa shape index (κ3) is 4.63. The molecule has 30 heavy (non-hydrogen) atoms. The van der Waals surface area contributed by atoms with E-state index in [1.54, 1.807) is 0 Å². The number of carboxylic acids is 2. The van der Waals surface area contributed by atoms with Gasteiger partial charge in [0.2, 0.25) is 0 Å². The van der Waals surface area contributed by atoms with Gasteiger partial charge < -0.3 is 15.9 Å². The largest absolute Gasteiger partial charge is 0.478 e. The average molecular weight is 448 g/mol. The molecule has 3 aromatic rings. The average Bonchev–Trinajstić information content (AvgIpc) is 3.27. The Hall–Kier alpha value is -3.32. The van der Waals surface area contributed by atoms with E-state index in [1.165, 1.54) is 16.8 Å². The highest BCUT2D eigenvalue weighted by Gasteiger charge is 2.19.